The number of hydrogen-bond acceptors (Lipinski definition) is 3. The molecule has 5 heteroatoms. The van der Waals surface area contributed by atoms with Crippen LogP contribution < -0.4 is 5.73 Å². The highest BCUT2D eigenvalue weighted by atomic mass is 16.5. The number of rotatable bonds is 3. The molecule has 1 saturated heterocycles. The van der Waals surface area contributed by atoms with Gasteiger partial charge in [0.2, 0.25) is 5.91 Å². The molecule has 154 valence electrons. The molecule has 0 atom stereocenters. The van der Waals surface area contributed by atoms with Gasteiger partial charge in [-0.15, -0.1) is 0 Å². The van der Waals surface area contributed by atoms with E-state index in [1.165, 1.54) is 18.4 Å². The van der Waals surface area contributed by atoms with Crippen molar-refractivity contribution in [2.24, 2.45) is 5.73 Å². The summed E-state index contributed by atoms with van der Waals surface area (Å²) in [5.41, 5.74) is 13.7. The maximum absolute atomic E-state index is 12.9. The second-order valence-corrected chi connectivity index (χ2v) is 8.34. The first-order chi connectivity index (χ1) is 14.6. The topological polar surface area (TPSA) is 72.6 Å². The molecule has 1 heterocycles. The van der Waals surface area contributed by atoms with Crippen LogP contribution in [0.4, 0.5) is 0 Å². The fourth-order valence-corrected chi connectivity index (χ4v) is 4.88. The molecule has 1 fully saturated rings. The van der Waals surface area contributed by atoms with Crippen LogP contribution >= 0.6 is 0 Å². The fraction of sp³-hybridized carbons (Fsp3) is 0.360. The third-order valence-electron chi connectivity index (χ3n) is 6.49. The first-order valence-corrected chi connectivity index (χ1v) is 10.8. The molecule has 0 spiro atoms. The third kappa shape index (κ3) is 3.33. The van der Waals surface area contributed by atoms with E-state index in [0.29, 0.717) is 43.9 Å². The third-order valence-corrected chi connectivity index (χ3v) is 6.49. The Morgan fingerprint density at radius 2 is 1.83 bits per heavy atom. The van der Waals surface area contributed by atoms with Crippen molar-refractivity contribution >= 4 is 17.4 Å². The number of carbonyl (C=O) groups excluding carboxylic acids is 2. The summed E-state index contributed by atoms with van der Waals surface area (Å²) in [5.74, 6) is -0.345. The van der Waals surface area contributed by atoms with E-state index in [-0.39, 0.29) is 11.8 Å². The van der Waals surface area contributed by atoms with Crippen LogP contribution in [0.5, 0.6) is 0 Å². The predicted octanol–water partition coefficient (Wildman–Crippen LogP) is 3.79. The van der Waals surface area contributed by atoms with E-state index in [4.69, 9.17) is 10.5 Å². The van der Waals surface area contributed by atoms with Crippen molar-refractivity contribution in [3.05, 3.63) is 64.2 Å². The zero-order valence-corrected chi connectivity index (χ0v) is 17.1. The van der Waals surface area contributed by atoms with Gasteiger partial charge in [-0.2, -0.15) is 0 Å². The number of amides is 2. The maximum Gasteiger partial charge on any atom is 0.254 e. The van der Waals surface area contributed by atoms with Crippen LogP contribution in [0, 0.1) is 0 Å². The van der Waals surface area contributed by atoms with Crippen molar-refractivity contribution in [1.82, 2.24) is 4.90 Å². The standard InChI is InChI=1S/C25H26N2O3/c26-24(28)23-14-18(16-4-2-1-3-5-16)13-21-20-7-6-17(12-19(20)15-22(21)23)25(29)27-8-10-30-11-9-27/h4,6-7,12-14H,1-3,5,8-11,15H2,(H2,26,28). The fourth-order valence-electron chi connectivity index (χ4n) is 4.88. The van der Waals surface area contributed by atoms with Crippen LogP contribution in [0.25, 0.3) is 16.7 Å². The molecule has 5 rings (SSSR count). The van der Waals surface area contributed by atoms with E-state index in [1.807, 2.05) is 29.2 Å². The van der Waals surface area contributed by atoms with Gasteiger partial charge in [-0.05, 0) is 89.8 Å². The van der Waals surface area contributed by atoms with Gasteiger partial charge < -0.3 is 15.4 Å². The number of primary amides is 1. The average molecular weight is 402 g/mol. The Balaban J connectivity index is 1.53. The number of allylic oxidation sites excluding steroid dienone is 2. The van der Waals surface area contributed by atoms with Crippen LogP contribution in [0.2, 0.25) is 0 Å². The SMILES string of the molecule is NC(=O)c1cc(C2=CCCCC2)cc2c1Cc1cc(C(=O)N3CCOCC3)ccc1-2. The normalized spacial score (nSPS) is 17.9. The highest BCUT2D eigenvalue weighted by molar-refractivity contribution is 6.00. The molecule has 2 amide bonds. The lowest BCUT2D eigenvalue weighted by Crippen LogP contribution is -2.40. The molecule has 2 aromatic rings. The summed E-state index contributed by atoms with van der Waals surface area (Å²) in [4.78, 5) is 27.0. The lowest BCUT2D eigenvalue weighted by Gasteiger charge is -2.27. The molecule has 0 unspecified atom stereocenters. The number of carbonyl (C=O) groups is 2. The largest absolute Gasteiger partial charge is 0.378 e. The highest BCUT2D eigenvalue weighted by Crippen LogP contribution is 2.41. The quantitative estimate of drug-likeness (QED) is 0.725. The van der Waals surface area contributed by atoms with E-state index in [2.05, 4.69) is 12.1 Å². The number of fused-ring (bicyclic) bond motifs is 3. The molecule has 0 saturated carbocycles. The lowest BCUT2D eigenvalue weighted by molar-refractivity contribution is 0.0303. The zero-order valence-electron chi connectivity index (χ0n) is 17.1. The Labute approximate surface area is 176 Å². The van der Waals surface area contributed by atoms with Crippen molar-refractivity contribution in [2.45, 2.75) is 32.1 Å². The van der Waals surface area contributed by atoms with Crippen LogP contribution in [0.3, 0.4) is 0 Å². The number of hydrogen-bond donors (Lipinski definition) is 1. The van der Waals surface area contributed by atoms with E-state index >= 15 is 0 Å². The van der Waals surface area contributed by atoms with Crippen LogP contribution in [0.1, 0.15) is 63.1 Å². The number of morpholine rings is 1. The molecule has 0 aromatic heterocycles. The Kier molecular flexibility index (Phi) is 4.91. The summed E-state index contributed by atoms with van der Waals surface area (Å²) in [6, 6.07) is 10.1. The van der Waals surface area contributed by atoms with Crippen LogP contribution in [0.15, 0.2) is 36.4 Å². The van der Waals surface area contributed by atoms with Crippen molar-refractivity contribution in [3.63, 3.8) is 0 Å². The second kappa shape index (κ2) is 7.73. The lowest BCUT2D eigenvalue weighted by atomic mass is 9.89. The summed E-state index contributed by atoms with van der Waals surface area (Å²) in [7, 11) is 0. The molecule has 3 aliphatic rings. The highest BCUT2D eigenvalue weighted by Gasteiger charge is 2.27. The first-order valence-electron chi connectivity index (χ1n) is 10.8. The van der Waals surface area contributed by atoms with Gasteiger partial charge in [-0.25, -0.2) is 0 Å². The molecule has 0 bridgehead atoms. The van der Waals surface area contributed by atoms with E-state index in [1.54, 1.807) is 0 Å². The molecule has 2 aromatic carbocycles. The molecule has 5 nitrogen and oxygen atoms in total. The monoisotopic (exact) mass is 402 g/mol. The predicted molar refractivity (Wildman–Crippen MR) is 116 cm³/mol. The van der Waals surface area contributed by atoms with E-state index in [9.17, 15) is 9.59 Å². The van der Waals surface area contributed by atoms with E-state index in [0.717, 1.165) is 40.7 Å². The zero-order chi connectivity index (χ0) is 20.7. The molecular formula is C25H26N2O3. The Hall–Kier alpha value is -2.92. The number of nitrogens with two attached hydrogens (primary N) is 1. The number of ether oxygens (including phenoxy) is 1. The number of nitrogens with zero attached hydrogens (tertiary/aromatic N) is 1. The van der Waals surface area contributed by atoms with Gasteiger partial charge in [0.25, 0.3) is 5.91 Å². The van der Waals surface area contributed by atoms with Gasteiger partial charge in [-0.1, -0.05) is 12.1 Å². The molecule has 30 heavy (non-hydrogen) atoms. The maximum atomic E-state index is 12.9. The minimum absolute atomic E-state index is 0.0419. The van der Waals surface area contributed by atoms with Crippen molar-refractivity contribution in [1.29, 1.82) is 0 Å². The summed E-state index contributed by atoms with van der Waals surface area (Å²) in [6.45, 7) is 2.42. The van der Waals surface area contributed by atoms with Crippen LogP contribution in [-0.4, -0.2) is 43.0 Å². The Morgan fingerprint density at radius 1 is 1.00 bits per heavy atom. The van der Waals surface area contributed by atoms with Crippen LogP contribution in [-0.2, 0) is 11.2 Å². The van der Waals surface area contributed by atoms with Gasteiger partial charge in [0.1, 0.15) is 0 Å². The molecule has 0 radical (unpaired) electrons. The minimum Gasteiger partial charge on any atom is -0.378 e. The second-order valence-electron chi connectivity index (χ2n) is 8.34. The molecular weight excluding hydrogens is 376 g/mol. The smallest absolute Gasteiger partial charge is 0.254 e. The van der Waals surface area contributed by atoms with Crippen molar-refractivity contribution in [3.8, 4) is 11.1 Å². The molecule has 2 aliphatic carbocycles. The summed E-state index contributed by atoms with van der Waals surface area (Å²) in [6.07, 6.45) is 7.44. The summed E-state index contributed by atoms with van der Waals surface area (Å²) >= 11 is 0. The molecule has 2 N–H and O–H groups in total. The van der Waals surface area contributed by atoms with E-state index < -0.39 is 0 Å². The Bertz CT molecular complexity index is 1060. The van der Waals surface area contributed by atoms with Gasteiger partial charge >= 0.3 is 0 Å². The minimum atomic E-state index is -0.387. The summed E-state index contributed by atoms with van der Waals surface area (Å²) in [5, 5.41) is 0. The Morgan fingerprint density at radius 3 is 2.57 bits per heavy atom. The molecule has 1 aliphatic heterocycles. The average Bonchev–Trinajstić information content (AvgIpc) is 3.16. The van der Waals surface area contributed by atoms with Crippen molar-refractivity contribution < 1.29 is 14.3 Å². The van der Waals surface area contributed by atoms with Gasteiger partial charge in [0, 0.05) is 24.2 Å². The number of benzene rings is 2. The van der Waals surface area contributed by atoms with Gasteiger partial charge in [-0.3, -0.25) is 9.59 Å². The van der Waals surface area contributed by atoms with Gasteiger partial charge in [0.15, 0.2) is 0 Å². The first kappa shape index (κ1) is 19.1. The van der Waals surface area contributed by atoms with Gasteiger partial charge in [0.05, 0.1) is 13.2 Å². The van der Waals surface area contributed by atoms with Crippen molar-refractivity contribution in [2.75, 3.05) is 26.3 Å². The summed E-state index contributed by atoms with van der Waals surface area (Å²) < 4.78 is 5.36.